The van der Waals surface area contributed by atoms with E-state index < -0.39 is 12.6 Å². The number of carbonyl (C=O) groups is 1. The van der Waals surface area contributed by atoms with Crippen LogP contribution < -0.4 is 9.47 Å². The van der Waals surface area contributed by atoms with Crippen molar-refractivity contribution < 1.29 is 27.8 Å². The van der Waals surface area contributed by atoms with Gasteiger partial charge in [-0.2, -0.15) is 14.0 Å². The fourth-order valence-electron chi connectivity index (χ4n) is 2.10. The number of nitriles is 1. The van der Waals surface area contributed by atoms with Gasteiger partial charge in [0.2, 0.25) is 0 Å². The van der Waals surface area contributed by atoms with Crippen molar-refractivity contribution in [3.8, 4) is 17.6 Å². The first kappa shape index (κ1) is 20.2. The summed E-state index contributed by atoms with van der Waals surface area (Å²) >= 11 is 5.83. The third kappa shape index (κ3) is 5.97. The second-order valence-corrected chi connectivity index (χ2v) is 5.59. The molecule has 0 fully saturated rings. The second kappa shape index (κ2) is 9.55. The van der Waals surface area contributed by atoms with E-state index in [-0.39, 0.29) is 28.5 Å². The Bertz CT molecular complexity index is 876. The predicted octanol–water partition coefficient (Wildman–Crippen LogP) is 4.60. The van der Waals surface area contributed by atoms with Crippen molar-refractivity contribution in [2.24, 2.45) is 0 Å². The van der Waals surface area contributed by atoms with Gasteiger partial charge in [0.05, 0.1) is 7.11 Å². The lowest BCUT2D eigenvalue weighted by Crippen LogP contribution is -2.09. The smallest absolute Gasteiger partial charge is 0.387 e. The van der Waals surface area contributed by atoms with E-state index in [0.29, 0.717) is 11.3 Å². The lowest BCUT2D eigenvalue weighted by Gasteiger charge is -2.11. The number of rotatable bonds is 7. The number of halogens is 3. The number of hydrogen-bond acceptors (Lipinski definition) is 5. The van der Waals surface area contributed by atoms with E-state index in [1.165, 1.54) is 31.4 Å². The van der Waals surface area contributed by atoms with Crippen LogP contribution >= 0.6 is 11.6 Å². The molecular formula is C19H14ClF2NO4. The van der Waals surface area contributed by atoms with Crippen LogP contribution in [-0.2, 0) is 16.1 Å². The molecule has 0 aliphatic carbocycles. The molecule has 2 aromatic carbocycles. The van der Waals surface area contributed by atoms with Gasteiger partial charge in [-0.3, -0.25) is 0 Å². The summed E-state index contributed by atoms with van der Waals surface area (Å²) in [6, 6.07) is 12.4. The standard InChI is InChI=1S/C19H14ClF2NO4/c1-25-16-5-2-12(3-6-16)8-13(10-23)18(24)26-11-14-9-15(20)4-7-17(14)27-19(21)22/h2-9,19H,11H2,1H3/b13-8+. The van der Waals surface area contributed by atoms with E-state index in [4.69, 9.17) is 21.1 Å². The second-order valence-electron chi connectivity index (χ2n) is 5.15. The molecule has 0 radical (unpaired) electrons. The Balaban J connectivity index is 2.12. The van der Waals surface area contributed by atoms with Crippen molar-refractivity contribution in [1.82, 2.24) is 0 Å². The van der Waals surface area contributed by atoms with Crippen molar-refractivity contribution in [3.05, 3.63) is 64.2 Å². The van der Waals surface area contributed by atoms with Crippen LogP contribution in [-0.4, -0.2) is 19.7 Å². The van der Waals surface area contributed by atoms with Gasteiger partial charge >= 0.3 is 12.6 Å². The molecule has 0 atom stereocenters. The SMILES string of the molecule is COc1ccc(/C=C(\C#N)C(=O)OCc2cc(Cl)ccc2OC(F)F)cc1. The van der Waals surface area contributed by atoms with Crippen molar-refractivity contribution in [3.63, 3.8) is 0 Å². The minimum Gasteiger partial charge on any atom is -0.497 e. The van der Waals surface area contributed by atoms with Crippen molar-refractivity contribution >= 4 is 23.6 Å². The summed E-state index contributed by atoms with van der Waals surface area (Å²) in [7, 11) is 1.52. The van der Waals surface area contributed by atoms with E-state index in [9.17, 15) is 18.8 Å². The fourth-order valence-corrected chi connectivity index (χ4v) is 2.29. The molecule has 5 nitrogen and oxygen atoms in total. The molecule has 0 amide bonds. The molecule has 140 valence electrons. The Kier molecular flexibility index (Phi) is 7.15. The molecule has 0 aromatic heterocycles. The minimum atomic E-state index is -3.04. The third-order valence-electron chi connectivity index (χ3n) is 3.36. The molecule has 8 heteroatoms. The van der Waals surface area contributed by atoms with Crippen molar-refractivity contribution in [1.29, 1.82) is 5.26 Å². The highest BCUT2D eigenvalue weighted by Crippen LogP contribution is 2.25. The van der Waals surface area contributed by atoms with Crippen LogP contribution in [0.5, 0.6) is 11.5 Å². The van der Waals surface area contributed by atoms with Crippen LogP contribution in [0.25, 0.3) is 6.08 Å². The van der Waals surface area contributed by atoms with Crippen LogP contribution in [0.2, 0.25) is 5.02 Å². The van der Waals surface area contributed by atoms with Gasteiger partial charge in [0, 0.05) is 10.6 Å². The van der Waals surface area contributed by atoms with Gasteiger partial charge in [0.15, 0.2) is 0 Å². The van der Waals surface area contributed by atoms with E-state index in [2.05, 4.69) is 4.74 Å². The number of alkyl halides is 2. The summed E-state index contributed by atoms with van der Waals surface area (Å²) in [6.45, 7) is -3.42. The summed E-state index contributed by atoms with van der Waals surface area (Å²) in [5.41, 5.74) is 0.491. The van der Waals surface area contributed by atoms with Gasteiger partial charge in [0.25, 0.3) is 0 Å². The Hall–Kier alpha value is -3.11. The largest absolute Gasteiger partial charge is 0.497 e. The maximum atomic E-state index is 12.5. The molecule has 0 saturated carbocycles. The molecule has 0 aliphatic rings. The highest BCUT2D eigenvalue weighted by atomic mass is 35.5. The number of esters is 1. The van der Waals surface area contributed by atoms with Gasteiger partial charge in [-0.25, -0.2) is 4.79 Å². The topological polar surface area (TPSA) is 68.5 Å². The first-order valence-electron chi connectivity index (χ1n) is 7.59. The molecule has 0 heterocycles. The number of nitrogens with zero attached hydrogens (tertiary/aromatic N) is 1. The summed E-state index contributed by atoms with van der Waals surface area (Å²) < 4.78 is 39.3. The Morgan fingerprint density at radius 1 is 1.26 bits per heavy atom. The lowest BCUT2D eigenvalue weighted by molar-refractivity contribution is -0.139. The van der Waals surface area contributed by atoms with E-state index >= 15 is 0 Å². The van der Waals surface area contributed by atoms with Gasteiger partial charge in [0.1, 0.15) is 29.7 Å². The maximum absolute atomic E-state index is 12.5. The van der Waals surface area contributed by atoms with Crippen LogP contribution in [0.1, 0.15) is 11.1 Å². The molecule has 2 rings (SSSR count). The third-order valence-corrected chi connectivity index (χ3v) is 3.60. The zero-order chi connectivity index (χ0) is 19.8. The number of methoxy groups -OCH3 is 1. The summed E-state index contributed by atoms with van der Waals surface area (Å²) in [5, 5.41) is 9.45. The number of ether oxygens (including phenoxy) is 3. The molecule has 0 bridgehead atoms. The summed E-state index contributed by atoms with van der Waals surface area (Å²) in [6.07, 6.45) is 1.34. The van der Waals surface area contributed by atoms with Crippen LogP contribution in [0.15, 0.2) is 48.0 Å². The van der Waals surface area contributed by atoms with E-state index in [0.717, 1.165) is 0 Å². The number of hydrogen-bond donors (Lipinski definition) is 0. The van der Waals surface area contributed by atoms with Crippen LogP contribution in [0.3, 0.4) is 0 Å². The molecule has 0 aliphatic heterocycles. The number of carbonyl (C=O) groups excluding carboxylic acids is 1. The fraction of sp³-hybridized carbons (Fsp3) is 0.158. The highest BCUT2D eigenvalue weighted by molar-refractivity contribution is 6.30. The first-order chi connectivity index (χ1) is 12.9. The van der Waals surface area contributed by atoms with Crippen molar-refractivity contribution in [2.45, 2.75) is 13.2 Å². The maximum Gasteiger partial charge on any atom is 0.387 e. The zero-order valence-electron chi connectivity index (χ0n) is 14.1. The molecule has 2 aromatic rings. The average Bonchev–Trinajstić information content (AvgIpc) is 2.66. The lowest BCUT2D eigenvalue weighted by atomic mass is 10.1. The normalized spacial score (nSPS) is 11.0. The summed E-state index contributed by atoms with van der Waals surface area (Å²) in [5.74, 6) is -0.447. The van der Waals surface area contributed by atoms with Crippen LogP contribution in [0.4, 0.5) is 8.78 Å². The Morgan fingerprint density at radius 2 is 1.96 bits per heavy atom. The molecule has 0 N–H and O–H groups in total. The zero-order valence-corrected chi connectivity index (χ0v) is 14.9. The molecule has 0 saturated heterocycles. The number of benzene rings is 2. The van der Waals surface area contributed by atoms with E-state index in [1.54, 1.807) is 30.3 Å². The molecule has 0 unspecified atom stereocenters. The average molecular weight is 394 g/mol. The van der Waals surface area contributed by atoms with E-state index in [1.807, 2.05) is 0 Å². The molecular weight excluding hydrogens is 380 g/mol. The van der Waals surface area contributed by atoms with Gasteiger partial charge in [-0.15, -0.1) is 0 Å². The quantitative estimate of drug-likeness (QED) is 0.390. The highest BCUT2D eigenvalue weighted by Gasteiger charge is 2.15. The van der Waals surface area contributed by atoms with Crippen molar-refractivity contribution in [2.75, 3.05) is 7.11 Å². The summed E-state index contributed by atoms with van der Waals surface area (Å²) in [4.78, 5) is 12.1. The van der Waals surface area contributed by atoms with Gasteiger partial charge < -0.3 is 14.2 Å². The molecule has 27 heavy (non-hydrogen) atoms. The van der Waals surface area contributed by atoms with Gasteiger partial charge in [-0.1, -0.05) is 23.7 Å². The Morgan fingerprint density at radius 3 is 2.56 bits per heavy atom. The predicted molar refractivity (Wildman–Crippen MR) is 94.5 cm³/mol. The monoisotopic (exact) mass is 393 g/mol. The van der Waals surface area contributed by atoms with Crippen LogP contribution in [0, 0.1) is 11.3 Å². The van der Waals surface area contributed by atoms with Gasteiger partial charge in [-0.05, 0) is 42.0 Å². The Labute approximate surface area is 159 Å². The minimum absolute atomic E-state index is 0.151. The first-order valence-corrected chi connectivity index (χ1v) is 7.97. The molecule has 0 spiro atoms.